The average molecular weight is 264 g/mol. The summed E-state index contributed by atoms with van der Waals surface area (Å²) in [6.07, 6.45) is 2.71. The molecule has 3 fully saturated rings. The molecule has 2 aliphatic carbocycles. The van der Waals surface area contributed by atoms with Crippen LogP contribution in [-0.4, -0.2) is 36.5 Å². The van der Waals surface area contributed by atoms with Crippen molar-refractivity contribution in [2.24, 2.45) is 17.8 Å². The summed E-state index contributed by atoms with van der Waals surface area (Å²) in [4.78, 5) is 34.3. The summed E-state index contributed by atoms with van der Waals surface area (Å²) in [5.41, 5.74) is 0. The second-order valence-electron chi connectivity index (χ2n) is 5.42. The van der Waals surface area contributed by atoms with Crippen LogP contribution >= 0.6 is 0 Å². The molecule has 2 amide bonds. The molecule has 102 valence electrons. The topological polar surface area (TPSA) is 84.5 Å². The average Bonchev–Trinajstić information content (AvgIpc) is 3.00. The number of ether oxygens (including phenoxy) is 1. The normalized spacial score (nSPS) is 37.9. The van der Waals surface area contributed by atoms with Crippen molar-refractivity contribution in [3.8, 4) is 0 Å². The van der Waals surface area contributed by atoms with Crippen LogP contribution in [-0.2, 0) is 19.1 Å². The molecule has 0 aromatic heterocycles. The van der Waals surface area contributed by atoms with Crippen LogP contribution in [0.25, 0.3) is 0 Å². The van der Waals surface area contributed by atoms with Crippen LogP contribution in [0.1, 0.15) is 12.8 Å². The van der Waals surface area contributed by atoms with E-state index < -0.39 is 0 Å². The maximum atomic E-state index is 11.8. The summed E-state index contributed by atoms with van der Waals surface area (Å²) >= 11 is 0. The van der Waals surface area contributed by atoms with Crippen molar-refractivity contribution < 1.29 is 19.1 Å². The highest BCUT2D eigenvalue weighted by Crippen LogP contribution is 2.54. The summed E-state index contributed by atoms with van der Waals surface area (Å²) in [7, 11) is 0. The van der Waals surface area contributed by atoms with Crippen LogP contribution in [0.15, 0.2) is 12.7 Å². The van der Waals surface area contributed by atoms with E-state index in [4.69, 9.17) is 4.74 Å². The van der Waals surface area contributed by atoms with Gasteiger partial charge in [0.05, 0.1) is 18.5 Å². The highest BCUT2D eigenvalue weighted by atomic mass is 16.6. The van der Waals surface area contributed by atoms with Crippen molar-refractivity contribution in [1.29, 1.82) is 0 Å². The van der Waals surface area contributed by atoms with Crippen molar-refractivity contribution in [1.82, 2.24) is 10.6 Å². The van der Waals surface area contributed by atoms with Gasteiger partial charge in [-0.3, -0.25) is 14.4 Å². The SMILES string of the molecule is C=CC(=O)NCC(=O)NC1C2CC3C(=O)OC1C3C2. The van der Waals surface area contributed by atoms with Gasteiger partial charge in [-0.2, -0.15) is 0 Å². The third-order valence-corrected chi connectivity index (χ3v) is 4.42. The molecule has 3 aliphatic rings. The second-order valence-corrected chi connectivity index (χ2v) is 5.42. The highest BCUT2D eigenvalue weighted by molar-refractivity contribution is 5.90. The Morgan fingerprint density at radius 3 is 2.95 bits per heavy atom. The van der Waals surface area contributed by atoms with E-state index in [0.717, 1.165) is 18.9 Å². The number of carbonyl (C=O) groups excluding carboxylic acids is 3. The number of hydrogen-bond acceptors (Lipinski definition) is 4. The standard InChI is InChI=1S/C13H16N2O4/c1-2-9(16)14-5-10(17)15-11-6-3-7-8(4-6)13(18)19-12(7)11/h2,6-8,11-12H,1,3-5H2,(H,14,16)(H,15,17). The fourth-order valence-electron chi connectivity index (χ4n) is 3.63. The largest absolute Gasteiger partial charge is 0.460 e. The maximum absolute atomic E-state index is 11.8. The molecule has 5 atom stereocenters. The number of carbonyl (C=O) groups is 3. The molecule has 5 unspecified atom stereocenters. The van der Waals surface area contributed by atoms with Crippen molar-refractivity contribution in [2.45, 2.75) is 25.0 Å². The van der Waals surface area contributed by atoms with Gasteiger partial charge in [-0.1, -0.05) is 6.58 Å². The van der Waals surface area contributed by atoms with Crippen LogP contribution in [0, 0.1) is 17.8 Å². The van der Waals surface area contributed by atoms with Gasteiger partial charge in [0.25, 0.3) is 0 Å². The molecule has 6 heteroatoms. The van der Waals surface area contributed by atoms with E-state index in [-0.39, 0.29) is 48.3 Å². The Balaban J connectivity index is 1.57. The zero-order chi connectivity index (χ0) is 13.6. The van der Waals surface area contributed by atoms with E-state index in [1.807, 2.05) is 0 Å². The van der Waals surface area contributed by atoms with E-state index in [0.29, 0.717) is 5.92 Å². The van der Waals surface area contributed by atoms with E-state index in [1.165, 1.54) is 0 Å². The fourth-order valence-corrected chi connectivity index (χ4v) is 3.63. The number of esters is 1. The zero-order valence-corrected chi connectivity index (χ0v) is 10.4. The van der Waals surface area contributed by atoms with E-state index in [9.17, 15) is 14.4 Å². The van der Waals surface area contributed by atoms with Crippen molar-refractivity contribution in [3.63, 3.8) is 0 Å². The predicted molar refractivity (Wildman–Crippen MR) is 64.7 cm³/mol. The Labute approximate surface area is 110 Å². The van der Waals surface area contributed by atoms with Gasteiger partial charge in [0.15, 0.2) is 0 Å². The minimum absolute atomic E-state index is 0.0450. The summed E-state index contributed by atoms with van der Waals surface area (Å²) in [6.45, 7) is 3.23. The summed E-state index contributed by atoms with van der Waals surface area (Å²) in [5, 5.41) is 5.30. The fraction of sp³-hybridized carbons (Fsp3) is 0.615. The lowest BCUT2D eigenvalue weighted by molar-refractivity contribution is -0.144. The summed E-state index contributed by atoms with van der Waals surface area (Å²) < 4.78 is 5.34. The molecule has 1 saturated heterocycles. The number of nitrogens with one attached hydrogen (secondary N) is 2. The third-order valence-electron chi connectivity index (χ3n) is 4.42. The minimum atomic E-state index is -0.379. The van der Waals surface area contributed by atoms with Crippen LogP contribution in [0.5, 0.6) is 0 Å². The molecule has 0 radical (unpaired) electrons. The molecule has 19 heavy (non-hydrogen) atoms. The number of rotatable bonds is 4. The molecular weight excluding hydrogens is 248 g/mol. The summed E-state index contributed by atoms with van der Waals surface area (Å²) in [5.74, 6) is -0.114. The summed E-state index contributed by atoms with van der Waals surface area (Å²) in [6, 6.07) is -0.0965. The number of fused-ring (bicyclic) bond motifs is 1. The Kier molecular flexibility index (Phi) is 2.80. The smallest absolute Gasteiger partial charge is 0.309 e. The zero-order valence-electron chi connectivity index (χ0n) is 10.4. The van der Waals surface area contributed by atoms with Gasteiger partial charge in [-0.15, -0.1) is 0 Å². The van der Waals surface area contributed by atoms with Crippen molar-refractivity contribution >= 4 is 17.8 Å². The lowest BCUT2D eigenvalue weighted by Gasteiger charge is -2.26. The molecule has 1 heterocycles. The first-order valence-electron chi connectivity index (χ1n) is 6.50. The Bertz CT molecular complexity index is 462. The van der Waals surface area contributed by atoms with Gasteiger partial charge < -0.3 is 15.4 Å². The van der Waals surface area contributed by atoms with Gasteiger partial charge in [0, 0.05) is 5.92 Å². The molecule has 1 aliphatic heterocycles. The van der Waals surface area contributed by atoms with Crippen LogP contribution in [0.4, 0.5) is 0 Å². The molecule has 3 rings (SSSR count). The Morgan fingerprint density at radius 2 is 2.21 bits per heavy atom. The van der Waals surface area contributed by atoms with Gasteiger partial charge in [-0.25, -0.2) is 0 Å². The molecular formula is C13H16N2O4. The lowest BCUT2D eigenvalue weighted by Crippen LogP contribution is -2.49. The van der Waals surface area contributed by atoms with Gasteiger partial charge in [0.2, 0.25) is 11.8 Å². The molecule has 2 bridgehead atoms. The first-order valence-corrected chi connectivity index (χ1v) is 6.50. The highest BCUT2D eigenvalue weighted by Gasteiger charge is 2.61. The second kappa shape index (κ2) is 4.36. The van der Waals surface area contributed by atoms with E-state index in [1.54, 1.807) is 0 Å². The Hall–Kier alpha value is -1.85. The predicted octanol–water partition coefficient (Wildman–Crippen LogP) is -0.645. The van der Waals surface area contributed by atoms with Crippen molar-refractivity contribution in [2.75, 3.05) is 6.54 Å². The molecule has 0 aromatic carbocycles. The van der Waals surface area contributed by atoms with E-state index >= 15 is 0 Å². The molecule has 0 aromatic rings. The maximum Gasteiger partial charge on any atom is 0.309 e. The molecule has 0 spiro atoms. The third kappa shape index (κ3) is 1.91. The molecule has 2 saturated carbocycles. The minimum Gasteiger partial charge on any atom is -0.460 e. The number of amides is 2. The number of hydrogen-bond donors (Lipinski definition) is 2. The lowest BCUT2D eigenvalue weighted by atomic mass is 9.86. The van der Waals surface area contributed by atoms with Crippen molar-refractivity contribution in [3.05, 3.63) is 12.7 Å². The van der Waals surface area contributed by atoms with E-state index in [2.05, 4.69) is 17.2 Å². The van der Waals surface area contributed by atoms with Gasteiger partial charge in [0.1, 0.15) is 6.10 Å². The molecule has 6 nitrogen and oxygen atoms in total. The van der Waals surface area contributed by atoms with Gasteiger partial charge in [-0.05, 0) is 24.8 Å². The van der Waals surface area contributed by atoms with Crippen LogP contribution in [0.3, 0.4) is 0 Å². The van der Waals surface area contributed by atoms with Crippen LogP contribution in [0.2, 0.25) is 0 Å². The van der Waals surface area contributed by atoms with Gasteiger partial charge >= 0.3 is 5.97 Å². The first kappa shape index (κ1) is 12.2. The molecule has 2 N–H and O–H groups in total. The Morgan fingerprint density at radius 1 is 1.42 bits per heavy atom. The first-order chi connectivity index (χ1) is 9.10. The van der Waals surface area contributed by atoms with Crippen LogP contribution < -0.4 is 10.6 Å². The quantitative estimate of drug-likeness (QED) is 0.522. The monoisotopic (exact) mass is 264 g/mol.